The highest BCUT2D eigenvalue weighted by atomic mass is 16.6. The van der Waals surface area contributed by atoms with Crippen LogP contribution in [0, 0.1) is 0 Å². The van der Waals surface area contributed by atoms with Crippen LogP contribution >= 0.6 is 0 Å². The molecule has 1 spiro atoms. The second-order valence-electron chi connectivity index (χ2n) is 8.75. The normalized spacial score (nSPS) is 20.7. The highest BCUT2D eigenvalue weighted by molar-refractivity contribution is 6.04. The van der Waals surface area contributed by atoms with Gasteiger partial charge in [0.05, 0.1) is 0 Å². The third kappa shape index (κ3) is 4.03. The van der Waals surface area contributed by atoms with Crippen molar-refractivity contribution in [1.29, 1.82) is 0 Å². The number of alkyl carbamates (subject to hydrolysis) is 2. The first kappa shape index (κ1) is 20.6. The van der Waals surface area contributed by atoms with Gasteiger partial charge in [0, 0.05) is 17.7 Å². The molecular weight excluding hydrogens is 378 g/mol. The van der Waals surface area contributed by atoms with E-state index in [4.69, 9.17) is 9.47 Å². The van der Waals surface area contributed by atoms with E-state index in [1.54, 1.807) is 52.8 Å². The summed E-state index contributed by atoms with van der Waals surface area (Å²) < 4.78 is 10.5. The molecule has 156 valence electrons. The van der Waals surface area contributed by atoms with E-state index in [2.05, 4.69) is 16.0 Å². The summed E-state index contributed by atoms with van der Waals surface area (Å²) in [5, 5.41) is 7.48. The van der Waals surface area contributed by atoms with Crippen LogP contribution in [0.2, 0.25) is 0 Å². The number of fused-ring (bicyclic) bond motifs is 2. The Kier molecular flexibility index (Phi) is 4.80. The van der Waals surface area contributed by atoms with Crippen molar-refractivity contribution in [3.8, 4) is 0 Å². The maximum atomic E-state index is 12.7. The van der Waals surface area contributed by atoms with Gasteiger partial charge >= 0.3 is 12.2 Å². The maximum absolute atomic E-state index is 12.7. The molecule has 0 radical (unpaired) electrons. The molecule has 1 aliphatic heterocycles. The van der Waals surface area contributed by atoms with Crippen LogP contribution in [0.25, 0.3) is 0 Å². The van der Waals surface area contributed by atoms with E-state index >= 15 is 0 Å². The van der Waals surface area contributed by atoms with Crippen molar-refractivity contribution in [2.24, 2.45) is 0 Å². The van der Waals surface area contributed by atoms with Crippen molar-refractivity contribution in [1.82, 2.24) is 10.6 Å². The van der Waals surface area contributed by atoms with E-state index in [-0.39, 0.29) is 0 Å². The summed E-state index contributed by atoms with van der Waals surface area (Å²) in [6.07, 6.45) is -0.569. The van der Waals surface area contributed by atoms with Crippen molar-refractivity contribution >= 4 is 29.7 Å². The third-order valence-electron chi connectivity index (χ3n) is 4.77. The largest absolute Gasteiger partial charge is 0.444 e. The molecule has 3 rings (SSSR count). The molecule has 2 aliphatic rings. The molecule has 0 unspecified atom stereocenters. The Bertz CT molecular complexity index is 902. The van der Waals surface area contributed by atoms with Gasteiger partial charge in [-0.25, -0.2) is 9.59 Å². The van der Waals surface area contributed by atoms with Gasteiger partial charge < -0.3 is 20.1 Å². The molecule has 9 heteroatoms. The van der Waals surface area contributed by atoms with E-state index in [0.29, 0.717) is 24.1 Å². The van der Waals surface area contributed by atoms with Gasteiger partial charge in [-0.2, -0.15) is 0 Å². The molecule has 0 aromatic heterocycles. The first-order valence-electron chi connectivity index (χ1n) is 9.33. The quantitative estimate of drug-likeness (QED) is 0.712. The Labute approximate surface area is 168 Å². The molecule has 0 bridgehead atoms. The summed E-state index contributed by atoms with van der Waals surface area (Å²) in [4.78, 5) is 48.3. The van der Waals surface area contributed by atoms with Gasteiger partial charge in [-0.05, 0) is 58.7 Å². The lowest BCUT2D eigenvalue weighted by atomic mass is 9.95. The summed E-state index contributed by atoms with van der Waals surface area (Å²) >= 11 is 0. The van der Waals surface area contributed by atoms with Crippen molar-refractivity contribution < 1.29 is 28.7 Å². The van der Waals surface area contributed by atoms with E-state index in [9.17, 15) is 19.2 Å². The molecule has 1 fully saturated rings. The highest BCUT2D eigenvalue weighted by Gasteiger charge is 2.54. The maximum Gasteiger partial charge on any atom is 0.415 e. The van der Waals surface area contributed by atoms with Gasteiger partial charge in [0.2, 0.25) is 11.5 Å². The summed E-state index contributed by atoms with van der Waals surface area (Å²) in [5.41, 5.74) is -1.25. The lowest BCUT2D eigenvalue weighted by Crippen LogP contribution is -2.53. The molecule has 0 saturated carbocycles. The van der Waals surface area contributed by atoms with Crippen molar-refractivity contribution in [2.45, 2.75) is 64.2 Å². The van der Waals surface area contributed by atoms with Crippen LogP contribution in [-0.4, -0.2) is 35.1 Å². The lowest BCUT2D eigenvalue weighted by Gasteiger charge is -2.27. The highest BCUT2D eigenvalue weighted by Crippen LogP contribution is 2.43. The average Bonchev–Trinajstić information content (AvgIpc) is 3.05. The van der Waals surface area contributed by atoms with E-state index in [1.807, 2.05) is 0 Å². The number of aryl methyl sites for hydroxylation is 1. The van der Waals surface area contributed by atoms with Gasteiger partial charge in [-0.1, -0.05) is 6.07 Å². The number of carbonyl (C=O) groups excluding carboxylic acids is 4. The number of hydrogen-bond donors (Lipinski definition) is 3. The minimum Gasteiger partial charge on any atom is -0.444 e. The standard InChI is InChI=1S/C20H25N3O6/c1-18(2,3)28-17(27)23-19(4,5)14(24)21-12-6-7-13-11(10-12)8-9-20(13)15(25)22-16(26)29-20/h6-7,10H,8-9H2,1-5H3,(H,21,24)(H,23,27)(H,22,25,26)/t20-/m0/s1. The summed E-state index contributed by atoms with van der Waals surface area (Å²) in [6.45, 7) is 8.34. The van der Waals surface area contributed by atoms with Crippen LogP contribution in [0.1, 0.15) is 52.2 Å². The third-order valence-corrected chi connectivity index (χ3v) is 4.77. The number of rotatable bonds is 3. The Morgan fingerprint density at radius 1 is 1.17 bits per heavy atom. The molecule has 29 heavy (non-hydrogen) atoms. The minimum atomic E-state index is -1.29. The fourth-order valence-corrected chi connectivity index (χ4v) is 3.39. The number of imide groups is 1. The molecule has 1 saturated heterocycles. The Morgan fingerprint density at radius 2 is 1.86 bits per heavy atom. The monoisotopic (exact) mass is 403 g/mol. The summed E-state index contributed by atoms with van der Waals surface area (Å²) in [7, 11) is 0. The predicted octanol–water partition coefficient (Wildman–Crippen LogP) is 2.34. The van der Waals surface area contributed by atoms with Gasteiger partial charge in [0.15, 0.2) is 0 Å². The zero-order valence-corrected chi connectivity index (χ0v) is 17.1. The number of ether oxygens (including phenoxy) is 2. The topological polar surface area (TPSA) is 123 Å². The molecule has 4 amide bonds. The van der Waals surface area contributed by atoms with Gasteiger partial charge in [0.25, 0.3) is 5.91 Å². The molecular formula is C20H25N3O6. The van der Waals surface area contributed by atoms with Gasteiger partial charge in [-0.15, -0.1) is 0 Å². The van der Waals surface area contributed by atoms with E-state index < -0.39 is 40.7 Å². The van der Waals surface area contributed by atoms with Crippen LogP contribution in [0.4, 0.5) is 15.3 Å². The zero-order chi connectivity index (χ0) is 21.6. The second-order valence-corrected chi connectivity index (χ2v) is 8.75. The molecule has 1 aromatic carbocycles. The first-order valence-corrected chi connectivity index (χ1v) is 9.33. The van der Waals surface area contributed by atoms with E-state index in [1.165, 1.54) is 0 Å². The fourth-order valence-electron chi connectivity index (χ4n) is 3.39. The number of hydrogen-bond acceptors (Lipinski definition) is 6. The second kappa shape index (κ2) is 6.75. The first-order chi connectivity index (χ1) is 13.3. The van der Waals surface area contributed by atoms with Crippen molar-refractivity contribution in [3.63, 3.8) is 0 Å². The number of anilines is 1. The minimum absolute atomic E-state index is 0.350. The lowest BCUT2D eigenvalue weighted by molar-refractivity contribution is -0.132. The SMILES string of the molecule is CC(C)(C)OC(=O)NC(C)(C)C(=O)Nc1ccc2c(c1)CC[C@]21OC(=O)NC1=O. The number of nitrogens with one attached hydrogen (secondary N) is 3. The summed E-state index contributed by atoms with van der Waals surface area (Å²) in [6, 6.07) is 5.04. The Balaban J connectivity index is 1.72. The molecule has 9 nitrogen and oxygen atoms in total. The fraction of sp³-hybridized carbons (Fsp3) is 0.500. The van der Waals surface area contributed by atoms with Crippen LogP contribution in [0.15, 0.2) is 18.2 Å². The smallest absolute Gasteiger partial charge is 0.415 e. The molecule has 1 aliphatic carbocycles. The van der Waals surface area contributed by atoms with Crippen LogP contribution in [0.5, 0.6) is 0 Å². The molecule has 1 heterocycles. The average molecular weight is 403 g/mol. The van der Waals surface area contributed by atoms with Crippen LogP contribution in [0.3, 0.4) is 0 Å². The number of benzene rings is 1. The molecule has 3 N–H and O–H groups in total. The Hall–Kier alpha value is -3.10. The zero-order valence-electron chi connectivity index (χ0n) is 17.1. The Morgan fingerprint density at radius 3 is 2.45 bits per heavy atom. The predicted molar refractivity (Wildman–Crippen MR) is 103 cm³/mol. The molecule has 1 atom stereocenters. The van der Waals surface area contributed by atoms with Crippen LogP contribution < -0.4 is 16.0 Å². The number of amides is 4. The van der Waals surface area contributed by atoms with Gasteiger partial charge in [-0.3, -0.25) is 14.9 Å². The van der Waals surface area contributed by atoms with Crippen molar-refractivity contribution in [2.75, 3.05) is 5.32 Å². The van der Waals surface area contributed by atoms with E-state index in [0.717, 1.165) is 5.56 Å². The van der Waals surface area contributed by atoms with Gasteiger partial charge in [0.1, 0.15) is 11.1 Å². The van der Waals surface area contributed by atoms with Crippen molar-refractivity contribution in [3.05, 3.63) is 29.3 Å². The van der Waals surface area contributed by atoms with Crippen LogP contribution in [-0.2, 0) is 31.1 Å². The molecule has 1 aromatic rings. The summed E-state index contributed by atoms with van der Waals surface area (Å²) in [5.74, 6) is -0.901. The number of carbonyl (C=O) groups is 4.